The molecule has 0 saturated heterocycles. The van der Waals surface area contributed by atoms with Crippen molar-refractivity contribution < 1.29 is 23.1 Å². The maximum atomic E-state index is 12.7. The molecular weight excluding hydrogens is 354 g/mol. The van der Waals surface area contributed by atoms with Crippen LogP contribution in [0.3, 0.4) is 0 Å². The molecule has 0 aromatic heterocycles. The molecule has 1 N–H and O–H groups in total. The molecule has 2 aromatic rings. The molecule has 0 aliphatic heterocycles. The quantitative estimate of drug-likeness (QED) is 0.803. The van der Waals surface area contributed by atoms with Gasteiger partial charge in [0.25, 0.3) is 5.91 Å². The summed E-state index contributed by atoms with van der Waals surface area (Å²) < 4.78 is 25.2. The summed E-state index contributed by atoms with van der Waals surface area (Å²) >= 11 is 0. The topological polar surface area (TPSA) is 91.8 Å². The van der Waals surface area contributed by atoms with Gasteiger partial charge in [0.2, 0.25) is 0 Å². The highest BCUT2D eigenvalue weighted by molar-refractivity contribution is 7.90. The lowest BCUT2D eigenvalue weighted by Gasteiger charge is -2.21. The van der Waals surface area contributed by atoms with Gasteiger partial charge < -0.3 is 10.0 Å². The zero-order valence-electron chi connectivity index (χ0n) is 14.6. The number of nitrogens with zero attached hydrogens (tertiary/aromatic N) is 1. The molecule has 0 radical (unpaired) electrons. The van der Waals surface area contributed by atoms with E-state index in [2.05, 4.69) is 0 Å². The van der Waals surface area contributed by atoms with Crippen LogP contribution >= 0.6 is 0 Å². The minimum absolute atomic E-state index is 0.0357. The number of benzene rings is 2. The Hall–Kier alpha value is -2.67. The van der Waals surface area contributed by atoms with Crippen LogP contribution in [-0.2, 0) is 20.4 Å². The van der Waals surface area contributed by atoms with Crippen LogP contribution in [-0.4, -0.2) is 43.9 Å². The summed E-state index contributed by atoms with van der Waals surface area (Å²) in [6.07, 6.45) is 0. The van der Waals surface area contributed by atoms with Gasteiger partial charge in [0.05, 0.1) is 16.6 Å². The van der Waals surface area contributed by atoms with Gasteiger partial charge in [-0.25, -0.2) is 8.42 Å². The summed E-state index contributed by atoms with van der Waals surface area (Å²) in [6.45, 7) is 1.55. The SMILES string of the molecule is CC(CN(C)C(=O)c1ccccc1CS(=O)(=O)c1ccccc1)C(=O)O. The lowest BCUT2D eigenvalue weighted by molar-refractivity contribution is -0.141. The molecular formula is C19H21NO5S. The molecule has 2 rings (SSSR count). The van der Waals surface area contributed by atoms with Crippen LogP contribution in [0.2, 0.25) is 0 Å². The van der Waals surface area contributed by atoms with E-state index in [-0.39, 0.29) is 22.8 Å². The second-order valence-electron chi connectivity index (χ2n) is 6.15. The molecule has 1 atom stereocenters. The summed E-state index contributed by atoms with van der Waals surface area (Å²) in [5.41, 5.74) is 0.642. The third-order valence-corrected chi connectivity index (χ3v) is 5.69. The van der Waals surface area contributed by atoms with Crippen LogP contribution in [0.5, 0.6) is 0 Å². The molecule has 0 bridgehead atoms. The van der Waals surface area contributed by atoms with Crippen molar-refractivity contribution in [1.29, 1.82) is 0 Å². The fourth-order valence-corrected chi connectivity index (χ4v) is 3.95. The number of hydrogen-bond donors (Lipinski definition) is 1. The van der Waals surface area contributed by atoms with Gasteiger partial charge in [0.1, 0.15) is 0 Å². The maximum Gasteiger partial charge on any atom is 0.308 e. The van der Waals surface area contributed by atoms with Gasteiger partial charge >= 0.3 is 5.97 Å². The van der Waals surface area contributed by atoms with Crippen LogP contribution in [0.25, 0.3) is 0 Å². The average Bonchev–Trinajstić information content (AvgIpc) is 2.61. The van der Waals surface area contributed by atoms with E-state index in [4.69, 9.17) is 5.11 Å². The Labute approximate surface area is 153 Å². The minimum atomic E-state index is -3.60. The minimum Gasteiger partial charge on any atom is -0.481 e. The predicted molar refractivity (Wildman–Crippen MR) is 97.5 cm³/mol. The van der Waals surface area contributed by atoms with Crippen molar-refractivity contribution in [2.75, 3.05) is 13.6 Å². The van der Waals surface area contributed by atoms with Gasteiger partial charge in [0.15, 0.2) is 9.84 Å². The number of amides is 1. The number of carbonyl (C=O) groups is 2. The Morgan fingerprint density at radius 2 is 1.62 bits per heavy atom. The Morgan fingerprint density at radius 1 is 1.04 bits per heavy atom. The van der Waals surface area contributed by atoms with Crippen molar-refractivity contribution in [3.63, 3.8) is 0 Å². The molecule has 2 aromatic carbocycles. The van der Waals surface area contributed by atoms with E-state index in [0.717, 1.165) is 0 Å². The summed E-state index contributed by atoms with van der Waals surface area (Å²) in [6, 6.07) is 14.5. The highest BCUT2D eigenvalue weighted by Gasteiger charge is 2.23. The third kappa shape index (κ3) is 4.70. The molecule has 0 aliphatic rings. The van der Waals surface area contributed by atoms with Gasteiger partial charge in [-0.15, -0.1) is 0 Å². The molecule has 0 aliphatic carbocycles. The predicted octanol–water partition coefficient (Wildman–Crippen LogP) is 2.45. The van der Waals surface area contributed by atoms with Crippen molar-refractivity contribution >= 4 is 21.7 Å². The Morgan fingerprint density at radius 3 is 2.23 bits per heavy atom. The molecule has 7 heteroatoms. The fourth-order valence-electron chi connectivity index (χ4n) is 2.55. The number of sulfone groups is 1. The van der Waals surface area contributed by atoms with E-state index in [9.17, 15) is 18.0 Å². The third-order valence-electron chi connectivity index (χ3n) is 4.01. The van der Waals surface area contributed by atoms with E-state index >= 15 is 0 Å². The number of carbonyl (C=O) groups excluding carboxylic acids is 1. The van der Waals surface area contributed by atoms with Gasteiger partial charge in [-0.3, -0.25) is 9.59 Å². The van der Waals surface area contributed by atoms with Crippen molar-refractivity contribution in [1.82, 2.24) is 4.90 Å². The number of rotatable bonds is 7. The van der Waals surface area contributed by atoms with Gasteiger partial charge in [0, 0.05) is 19.2 Å². The first-order valence-corrected chi connectivity index (χ1v) is 9.71. The Balaban J connectivity index is 2.28. The average molecular weight is 375 g/mol. The largest absolute Gasteiger partial charge is 0.481 e. The van der Waals surface area contributed by atoms with E-state index < -0.39 is 27.6 Å². The molecule has 0 heterocycles. The molecule has 0 fully saturated rings. The van der Waals surface area contributed by atoms with E-state index in [1.807, 2.05) is 0 Å². The van der Waals surface area contributed by atoms with Crippen molar-refractivity contribution in [2.24, 2.45) is 5.92 Å². The number of aliphatic carboxylic acids is 1. The van der Waals surface area contributed by atoms with Crippen LogP contribution in [0, 0.1) is 5.92 Å². The van der Waals surface area contributed by atoms with Gasteiger partial charge in [-0.05, 0) is 23.8 Å². The van der Waals surface area contributed by atoms with E-state index in [1.54, 1.807) is 42.5 Å². The lowest BCUT2D eigenvalue weighted by atomic mass is 10.1. The molecule has 138 valence electrons. The van der Waals surface area contributed by atoms with Crippen molar-refractivity contribution in [3.8, 4) is 0 Å². The van der Waals surface area contributed by atoms with Crippen LogP contribution in [0.15, 0.2) is 59.5 Å². The van der Waals surface area contributed by atoms with Crippen LogP contribution < -0.4 is 0 Å². The second-order valence-corrected chi connectivity index (χ2v) is 8.14. The Bertz CT molecular complexity index is 893. The number of carboxylic acid groups (broad SMARTS) is 1. The van der Waals surface area contributed by atoms with E-state index in [1.165, 1.54) is 31.0 Å². The number of carboxylic acids is 1. The summed E-state index contributed by atoms with van der Waals surface area (Å²) in [7, 11) is -2.09. The number of hydrogen-bond acceptors (Lipinski definition) is 4. The van der Waals surface area contributed by atoms with Gasteiger partial charge in [-0.1, -0.05) is 43.3 Å². The normalized spacial score (nSPS) is 12.4. The first-order chi connectivity index (χ1) is 12.2. The first kappa shape index (κ1) is 19.7. The zero-order chi connectivity index (χ0) is 19.3. The molecule has 0 saturated carbocycles. The summed E-state index contributed by atoms with van der Waals surface area (Å²) in [5, 5.41) is 9.00. The smallest absolute Gasteiger partial charge is 0.308 e. The summed E-state index contributed by atoms with van der Waals surface area (Å²) in [5.74, 6) is -2.42. The van der Waals surface area contributed by atoms with Crippen molar-refractivity contribution in [2.45, 2.75) is 17.6 Å². The first-order valence-electron chi connectivity index (χ1n) is 8.06. The summed E-state index contributed by atoms with van der Waals surface area (Å²) in [4.78, 5) is 25.2. The molecule has 6 nitrogen and oxygen atoms in total. The van der Waals surface area contributed by atoms with Gasteiger partial charge in [-0.2, -0.15) is 0 Å². The second kappa shape index (κ2) is 8.14. The van der Waals surface area contributed by atoms with E-state index in [0.29, 0.717) is 5.56 Å². The molecule has 26 heavy (non-hydrogen) atoms. The van der Waals surface area contributed by atoms with Crippen molar-refractivity contribution in [3.05, 3.63) is 65.7 Å². The lowest BCUT2D eigenvalue weighted by Crippen LogP contribution is -2.34. The van der Waals surface area contributed by atoms with Crippen LogP contribution in [0.4, 0.5) is 0 Å². The molecule has 1 amide bonds. The highest BCUT2D eigenvalue weighted by Crippen LogP contribution is 2.20. The maximum absolute atomic E-state index is 12.7. The highest BCUT2D eigenvalue weighted by atomic mass is 32.2. The monoisotopic (exact) mass is 375 g/mol. The molecule has 1 unspecified atom stereocenters. The standard InChI is InChI=1S/C19H21NO5S/c1-14(19(22)23)12-20(2)18(21)17-11-7-6-8-15(17)13-26(24,25)16-9-4-3-5-10-16/h3-11,14H,12-13H2,1-2H3,(H,22,23). The zero-order valence-corrected chi connectivity index (χ0v) is 15.4. The van der Waals surface area contributed by atoms with Crippen LogP contribution in [0.1, 0.15) is 22.8 Å². The fraction of sp³-hybridized carbons (Fsp3) is 0.263. The molecule has 0 spiro atoms. The Kier molecular flexibility index (Phi) is 6.15.